The van der Waals surface area contributed by atoms with Gasteiger partial charge in [-0.05, 0) is 87.0 Å². The Bertz CT molecular complexity index is 780. The minimum atomic E-state index is -0.825. The summed E-state index contributed by atoms with van der Waals surface area (Å²) in [6, 6.07) is 0. The molecule has 2 heteroatoms. The smallest absolute Gasteiger partial charge is 0.155 e. The molecule has 0 bridgehead atoms. The summed E-state index contributed by atoms with van der Waals surface area (Å²) in [4.78, 5) is 12.1. The zero-order valence-electron chi connectivity index (χ0n) is 16.1. The van der Waals surface area contributed by atoms with E-state index in [9.17, 15) is 9.90 Å². The summed E-state index contributed by atoms with van der Waals surface area (Å²) in [5.41, 5.74) is 0.758. The summed E-state index contributed by atoms with van der Waals surface area (Å²) in [7, 11) is 0. The molecule has 0 aromatic carbocycles. The molecule has 0 unspecified atom stereocenters. The van der Waals surface area contributed by atoms with Crippen molar-refractivity contribution in [3.8, 4) is 11.8 Å². The zero-order valence-corrected chi connectivity index (χ0v) is 16.1. The van der Waals surface area contributed by atoms with E-state index < -0.39 is 5.60 Å². The Hall–Kier alpha value is -1.33. The number of rotatable bonds is 0. The molecule has 26 heavy (non-hydrogen) atoms. The molecular weight excluding hydrogens is 320 g/mol. The van der Waals surface area contributed by atoms with Gasteiger partial charge in [-0.25, -0.2) is 0 Å². The third kappa shape index (κ3) is 1.91. The summed E-state index contributed by atoms with van der Waals surface area (Å²) < 4.78 is 0. The Balaban J connectivity index is 1.61. The molecule has 0 heterocycles. The zero-order chi connectivity index (χ0) is 18.2. The van der Waals surface area contributed by atoms with E-state index in [-0.39, 0.29) is 10.8 Å². The molecule has 7 atom stereocenters. The van der Waals surface area contributed by atoms with E-state index in [2.05, 4.69) is 30.9 Å². The quantitative estimate of drug-likeness (QED) is 0.518. The fourth-order valence-corrected chi connectivity index (χ4v) is 8.03. The van der Waals surface area contributed by atoms with Gasteiger partial charge in [0.1, 0.15) is 5.60 Å². The molecule has 0 aliphatic heterocycles. The van der Waals surface area contributed by atoms with Gasteiger partial charge in [-0.2, -0.15) is 0 Å². The molecule has 0 aromatic heterocycles. The Morgan fingerprint density at radius 2 is 2.08 bits per heavy atom. The first-order valence-electron chi connectivity index (χ1n) is 10.5. The lowest BCUT2D eigenvalue weighted by atomic mass is 9.41. The van der Waals surface area contributed by atoms with Gasteiger partial charge >= 0.3 is 0 Å². The minimum absolute atomic E-state index is 0.101. The summed E-state index contributed by atoms with van der Waals surface area (Å²) in [5, 5.41) is 11.4. The maximum atomic E-state index is 12.1. The number of allylic oxidation sites excluding steroid dienone is 3. The number of carbonyl (C=O) groups excluding carboxylic acids is 1. The first-order chi connectivity index (χ1) is 12.4. The SMILES string of the molecule is CC#C[C@]1(O)CC[C@H]2[C@@H]3CCC4=CC(=O)CC[C@@]45CC=C[C@@H](C[C@@]21C)[C@@H]35. The Labute approximate surface area is 157 Å². The van der Waals surface area contributed by atoms with Crippen LogP contribution in [0.1, 0.15) is 65.2 Å². The van der Waals surface area contributed by atoms with Crippen molar-refractivity contribution >= 4 is 5.78 Å². The molecule has 0 saturated heterocycles. The maximum Gasteiger partial charge on any atom is 0.155 e. The molecule has 1 spiro atoms. The number of hydrogen-bond acceptors (Lipinski definition) is 2. The monoisotopic (exact) mass is 350 g/mol. The molecular formula is C24H30O2. The summed E-state index contributed by atoms with van der Waals surface area (Å²) in [6.07, 6.45) is 15.0. The number of carbonyl (C=O) groups is 1. The Morgan fingerprint density at radius 3 is 2.88 bits per heavy atom. The molecule has 0 radical (unpaired) electrons. The second-order valence-electron chi connectivity index (χ2n) is 9.82. The van der Waals surface area contributed by atoms with Crippen LogP contribution in [0, 0.1) is 46.3 Å². The van der Waals surface area contributed by atoms with Gasteiger partial charge in [-0.1, -0.05) is 30.6 Å². The third-order valence-electron chi connectivity index (χ3n) is 9.05. The number of fused-ring (bicyclic) bond motifs is 2. The van der Waals surface area contributed by atoms with Gasteiger partial charge in [0.15, 0.2) is 5.78 Å². The van der Waals surface area contributed by atoms with Crippen molar-refractivity contribution < 1.29 is 9.90 Å². The van der Waals surface area contributed by atoms with E-state index in [0.717, 1.165) is 44.9 Å². The van der Waals surface area contributed by atoms with Gasteiger partial charge in [0.2, 0.25) is 0 Å². The van der Waals surface area contributed by atoms with Crippen LogP contribution in [-0.2, 0) is 4.79 Å². The lowest BCUT2D eigenvalue weighted by Gasteiger charge is -2.63. The largest absolute Gasteiger partial charge is 0.377 e. The highest BCUT2D eigenvalue weighted by Gasteiger charge is 2.66. The van der Waals surface area contributed by atoms with Crippen LogP contribution in [0.4, 0.5) is 0 Å². The second kappa shape index (κ2) is 5.35. The predicted octanol–water partition coefficient (Wildman–Crippen LogP) is 4.44. The van der Waals surface area contributed by atoms with Crippen LogP contribution in [0.25, 0.3) is 0 Å². The van der Waals surface area contributed by atoms with E-state index in [4.69, 9.17) is 0 Å². The van der Waals surface area contributed by atoms with Crippen molar-refractivity contribution in [2.75, 3.05) is 0 Å². The van der Waals surface area contributed by atoms with Crippen molar-refractivity contribution in [2.24, 2.45) is 34.5 Å². The lowest BCUT2D eigenvalue weighted by molar-refractivity contribution is -0.129. The Kier molecular flexibility index (Phi) is 3.46. The fraction of sp³-hybridized carbons (Fsp3) is 0.708. The van der Waals surface area contributed by atoms with Crippen LogP contribution in [0.5, 0.6) is 0 Å². The summed E-state index contributed by atoms with van der Waals surface area (Å²) in [6.45, 7) is 4.17. The number of hydrogen-bond donors (Lipinski definition) is 1. The lowest BCUT2D eigenvalue weighted by Crippen LogP contribution is -2.58. The average Bonchev–Trinajstić information content (AvgIpc) is 2.87. The maximum absolute atomic E-state index is 12.1. The van der Waals surface area contributed by atoms with Crippen LogP contribution < -0.4 is 0 Å². The Morgan fingerprint density at radius 1 is 1.23 bits per heavy atom. The molecule has 5 rings (SSSR count). The van der Waals surface area contributed by atoms with Crippen LogP contribution in [-0.4, -0.2) is 16.5 Å². The van der Waals surface area contributed by atoms with E-state index in [1.165, 1.54) is 12.0 Å². The molecule has 0 aromatic rings. The number of aliphatic hydroxyl groups is 1. The first kappa shape index (κ1) is 16.8. The minimum Gasteiger partial charge on any atom is -0.377 e. The molecule has 5 aliphatic rings. The van der Waals surface area contributed by atoms with Gasteiger partial charge in [-0.15, -0.1) is 5.92 Å². The van der Waals surface area contributed by atoms with Crippen molar-refractivity contribution in [1.82, 2.24) is 0 Å². The van der Waals surface area contributed by atoms with E-state index in [0.29, 0.717) is 29.5 Å². The first-order valence-corrected chi connectivity index (χ1v) is 10.5. The molecule has 138 valence electrons. The van der Waals surface area contributed by atoms with E-state index in [1.54, 1.807) is 0 Å². The average molecular weight is 351 g/mol. The predicted molar refractivity (Wildman–Crippen MR) is 102 cm³/mol. The summed E-state index contributed by atoms with van der Waals surface area (Å²) in [5.74, 6) is 8.99. The normalized spacial score (nSPS) is 51.5. The van der Waals surface area contributed by atoms with Crippen molar-refractivity contribution in [2.45, 2.75) is 70.8 Å². The topological polar surface area (TPSA) is 37.3 Å². The molecule has 5 aliphatic carbocycles. The number of ketones is 1. The summed E-state index contributed by atoms with van der Waals surface area (Å²) >= 11 is 0. The highest BCUT2D eigenvalue weighted by molar-refractivity contribution is 5.91. The standard InChI is InChI=1S/C24H30O2/c1-3-10-24(26)13-9-20-19-7-6-17-14-18(25)8-12-23(17)11-4-5-16(21(19)23)15-22(20,24)2/h4-5,14,16,19-21,26H,6-9,11-13,15H2,1-2H3/t16-,19-,20-,21-,22-,23-,24-/m0/s1. The van der Waals surface area contributed by atoms with Gasteiger partial charge in [0.25, 0.3) is 0 Å². The third-order valence-corrected chi connectivity index (χ3v) is 9.05. The van der Waals surface area contributed by atoms with Crippen LogP contribution in [0.15, 0.2) is 23.8 Å². The fourth-order valence-electron chi connectivity index (χ4n) is 8.03. The van der Waals surface area contributed by atoms with E-state index in [1.807, 2.05) is 13.0 Å². The van der Waals surface area contributed by atoms with Crippen LogP contribution in [0.2, 0.25) is 0 Å². The van der Waals surface area contributed by atoms with Crippen molar-refractivity contribution in [3.63, 3.8) is 0 Å². The molecule has 0 amide bonds. The second-order valence-corrected chi connectivity index (χ2v) is 9.82. The highest BCUT2D eigenvalue weighted by Crippen LogP contribution is 2.70. The molecule has 2 nitrogen and oxygen atoms in total. The van der Waals surface area contributed by atoms with Crippen LogP contribution in [0.3, 0.4) is 0 Å². The van der Waals surface area contributed by atoms with Crippen molar-refractivity contribution in [3.05, 3.63) is 23.8 Å². The van der Waals surface area contributed by atoms with Gasteiger partial charge in [-0.3, -0.25) is 4.79 Å². The van der Waals surface area contributed by atoms with Gasteiger partial charge in [0.05, 0.1) is 0 Å². The molecule has 1 N–H and O–H groups in total. The van der Waals surface area contributed by atoms with Gasteiger partial charge < -0.3 is 5.11 Å². The van der Waals surface area contributed by atoms with Crippen LogP contribution >= 0.6 is 0 Å². The molecule has 3 fully saturated rings. The van der Waals surface area contributed by atoms with Gasteiger partial charge in [0, 0.05) is 11.8 Å². The van der Waals surface area contributed by atoms with Crippen molar-refractivity contribution in [1.29, 1.82) is 0 Å². The molecule has 3 saturated carbocycles. The highest BCUT2D eigenvalue weighted by atomic mass is 16.3. The van der Waals surface area contributed by atoms with E-state index >= 15 is 0 Å².